The molecule has 2 heterocycles. The van der Waals surface area contributed by atoms with Crippen molar-refractivity contribution in [2.24, 2.45) is 0 Å². The minimum Gasteiger partial charge on any atom is -0.379 e. The molecule has 0 spiro atoms. The fourth-order valence-corrected chi connectivity index (χ4v) is 5.32. The highest BCUT2D eigenvalue weighted by atomic mass is 16.6. The number of non-ortho nitro benzene ring substituents is 1. The zero-order chi connectivity index (χ0) is 27.0. The summed E-state index contributed by atoms with van der Waals surface area (Å²) in [5.41, 5.74) is 4.01. The van der Waals surface area contributed by atoms with Gasteiger partial charge in [0.15, 0.2) is 0 Å². The molecular weight excluding hydrogens is 492 g/mol. The lowest BCUT2D eigenvalue weighted by molar-refractivity contribution is -0.384. The van der Waals surface area contributed by atoms with Gasteiger partial charge in [0.2, 0.25) is 5.91 Å². The van der Waals surface area contributed by atoms with Gasteiger partial charge in [-0.1, -0.05) is 60.7 Å². The molecule has 8 nitrogen and oxygen atoms in total. The van der Waals surface area contributed by atoms with Crippen LogP contribution in [0.15, 0.2) is 85.1 Å². The van der Waals surface area contributed by atoms with Crippen molar-refractivity contribution in [3.05, 3.63) is 112 Å². The van der Waals surface area contributed by atoms with Crippen LogP contribution in [0.2, 0.25) is 0 Å². The summed E-state index contributed by atoms with van der Waals surface area (Å²) in [6.07, 6.45) is 3.20. The first-order valence-electron chi connectivity index (χ1n) is 13.5. The van der Waals surface area contributed by atoms with Gasteiger partial charge >= 0.3 is 0 Å². The number of benzene rings is 3. The van der Waals surface area contributed by atoms with Crippen molar-refractivity contribution < 1.29 is 14.5 Å². The molecule has 0 aliphatic carbocycles. The highest BCUT2D eigenvalue weighted by Gasteiger charge is 2.24. The van der Waals surface area contributed by atoms with E-state index in [-0.39, 0.29) is 28.9 Å². The Morgan fingerprint density at radius 1 is 1.00 bits per heavy atom. The fourth-order valence-electron chi connectivity index (χ4n) is 5.32. The number of ether oxygens (including phenoxy) is 1. The number of nitro benzene ring substituents is 1. The number of hydrogen-bond donors (Lipinski definition) is 1. The molecule has 8 heteroatoms. The summed E-state index contributed by atoms with van der Waals surface area (Å²) in [7, 11) is 0. The predicted molar refractivity (Wildman–Crippen MR) is 152 cm³/mol. The molecule has 5 rings (SSSR count). The van der Waals surface area contributed by atoms with E-state index < -0.39 is 0 Å². The minimum absolute atomic E-state index is 0.0276. The number of carbonyl (C=O) groups is 1. The number of carbonyl (C=O) groups excluding carboxylic acids is 1. The highest BCUT2D eigenvalue weighted by molar-refractivity contribution is 5.88. The summed E-state index contributed by atoms with van der Waals surface area (Å²) in [6.45, 7) is 5.57. The molecule has 3 aromatic carbocycles. The predicted octanol–water partition coefficient (Wildman–Crippen LogP) is 4.96. The molecule has 1 atom stereocenters. The maximum atomic E-state index is 13.2. The van der Waals surface area contributed by atoms with Crippen LogP contribution in [-0.2, 0) is 16.1 Å². The van der Waals surface area contributed by atoms with E-state index in [1.807, 2.05) is 54.6 Å². The molecule has 0 unspecified atom stereocenters. The van der Waals surface area contributed by atoms with Crippen LogP contribution in [-0.4, -0.2) is 59.7 Å². The molecule has 1 fully saturated rings. The van der Waals surface area contributed by atoms with Gasteiger partial charge in [0.25, 0.3) is 5.69 Å². The molecule has 1 amide bonds. The monoisotopic (exact) mass is 526 g/mol. The van der Waals surface area contributed by atoms with Crippen molar-refractivity contribution in [2.75, 3.05) is 39.4 Å². The van der Waals surface area contributed by atoms with Gasteiger partial charge in [0.1, 0.15) is 0 Å². The van der Waals surface area contributed by atoms with E-state index in [2.05, 4.69) is 33.1 Å². The van der Waals surface area contributed by atoms with Crippen molar-refractivity contribution in [1.82, 2.24) is 14.8 Å². The van der Waals surface area contributed by atoms with Crippen molar-refractivity contribution >= 4 is 22.5 Å². The van der Waals surface area contributed by atoms with Crippen molar-refractivity contribution in [3.8, 4) is 0 Å². The van der Waals surface area contributed by atoms with Crippen LogP contribution >= 0.6 is 0 Å². The highest BCUT2D eigenvalue weighted by Crippen LogP contribution is 2.36. The van der Waals surface area contributed by atoms with Crippen molar-refractivity contribution in [1.29, 1.82) is 0 Å². The van der Waals surface area contributed by atoms with Gasteiger partial charge in [-0.05, 0) is 35.7 Å². The van der Waals surface area contributed by atoms with Crippen LogP contribution in [0.1, 0.15) is 35.4 Å². The van der Waals surface area contributed by atoms with Gasteiger partial charge in [0.05, 0.1) is 18.1 Å². The SMILES string of the molecule is O=C(C[C@H](c1ccccc1)c1cn(Cc2ccccc2)c2ccc([N+](=O)[O-])cc12)NCCCN1CCOCC1. The Morgan fingerprint density at radius 2 is 1.72 bits per heavy atom. The molecule has 0 radical (unpaired) electrons. The summed E-state index contributed by atoms with van der Waals surface area (Å²) in [4.78, 5) is 26.9. The molecule has 39 heavy (non-hydrogen) atoms. The van der Waals surface area contributed by atoms with Crippen LogP contribution in [0.5, 0.6) is 0 Å². The maximum Gasteiger partial charge on any atom is 0.270 e. The Hall–Kier alpha value is -4.01. The van der Waals surface area contributed by atoms with Crippen LogP contribution in [0, 0.1) is 10.1 Å². The molecule has 1 aliphatic rings. The number of aromatic nitrogens is 1. The third kappa shape index (κ3) is 6.71. The number of amides is 1. The van der Waals surface area contributed by atoms with Crippen LogP contribution in [0.3, 0.4) is 0 Å². The number of hydrogen-bond acceptors (Lipinski definition) is 5. The molecular formula is C31H34N4O4. The summed E-state index contributed by atoms with van der Waals surface area (Å²) in [6, 6.07) is 25.1. The van der Waals surface area contributed by atoms with Crippen LogP contribution < -0.4 is 5.32 Å². The van der Waals surface area contributed by atoms with E-state index >= 15 is 0 Å². The minimum atomic E-state index is -0.365. The number of nitrogens with one attached hydrogen (secondary N) is 1. The normalized spacial score (nSPS) is 14.8. The van der Waals surface area contributed by atoms with Gasteiger partial charge in [0, 0.05) is 67.8 Å². The van der Waals surface area contributed by atoms with Gasteiger partial charge < -0.3 is 14.6 Å². The number of rotatable bonds is 11. The first kappa shape index (κ1) is 26.6. The zero-order valence-electron chi connectivity index (χ0n) is 22.0. The maximum absolute atomic E-state index is 13.2. The molecule has 1 aliphatic heterocycles. The number of morpholine rings is 1. The van der Waals surface area contributed by atoms with E-state index in [4.69, 9.17) is 4.74 Å². The molecule has 1 aromatic heterocycles. The second kappa shape index (κ2) is 12.7. The Morgan fingerprint density at radius 3 is 2.44 bits per heavy atom. The second-order valence-electron chi connectivity index (χ2n) is 9.98. The average molecular weight is 527 g/mol. The van der Waals surface area contributed by atoms with Gasteiger partial charge in [-0.2, -0.15) is 0 Å². The first-order valence-corrected chi connectivity index (χ1v) is 13.5. The standard InChI is InChI=1S/C31H34N4O4/c36-31(32-14-7-15-33-16-18-39-19-17-33)21-27(25-10-5-2-6-11-25)29-23-34(22-24-8-3-1-4-9-24)30-13-12-26(35(37)38)20-28(29)30/h1-6,8-13,20,23,27H,7,14-19,21-22H2,(H,32,36)/t27-/m1/s1. The number of nitro groups is 1. The summed E-state index contributed by atoms with van der Waals surface area (Å²) in [5.74, 6) is -0.271. The quantitative estimate of drug-likeness (QED) is 0.170. The van der Waals surface area contributed by atoms with E-state index in [1.54, 1.807) is 12.1 Å². The molecule has 1 N–H and O–H groups in total. The third-order valence-electron chi connectivity index (χ3n) is 7.35. The zero-order valence-corrected chi connectivity index (χ0v) is 22.0. The van der Waals surface area contributed by atoms with E-state index in [1.165, 1.54) is 0 Å². The smallest absolute Gasteiger partial charge is 0.270 e. The molecule has 0 saturated carbocycles. The van der Waals surface area contributed by atoms with Crippen LogP contribution in [0.25, 0.3) is 10.9 Å². The summed E-state index contributed by atoms with van der Waals surface area (Å²) in [5, 5.41) is 15.6. The van der Waals surface area contributed by atoms with Gasteiger partial charge in [-0.15, -0.1) is 0 Å². The van der Waals surface area contributed by atoms with E-state index in [9.17, 15) is 14.9 Å². The number of nitrogens with zero attached hydrogens (tertiary/aromatic N) is 3. The third-order valence-corrected chi connectivity index (χ3v) is 7.35. The van der Waals surface area contributed by atoms with Gasteiger partial charge in [-0.25, -0.2) is 0 Å². The van der Waals surface area contributed by atoms with Crippen molar-refractivity contribution in [3.63, 3.8) is 0 Å². The van der Waals surface area contributed by atoms with Crippen LogP contribution in [0.4, 0.5) is 5.69 Å². The second-order valence-corrected chi connectivity index (χ2v) is 9.98. The molecule has 1 saturated heterocycles. The van der Waals surface area contributed by atoms with Gasteiger partial charge in [-0.3, -0.25) is 19.8 Å². The summed E-state index contributed by atoms with van der Waals surface area (Å²) < 4.78 is 7.53. The topological polar surface area (TPSA) is 89.6 Å². The lowest BCUT2D eigenvalue weighted by Crippen LogP contribution is -2.38. The average Bonchev–Trinajstić information content (AvgIpc) is 3.32. The lowest BCUT2D eigenvalue weighted by atomic mass is 9.88. The molecule has 0 bridgehead atoms. The molecule has 4 aromatic rings. The first-order chi connectivity index (χ1) is 19.1. The van der Waals surface area contributed by atoms with E-state index in [0.29, 0.717) is 13.1 Å². The Bertz CT molecular complexity index is 1400. The van der Waals surface area contributed by atoms with Crippen molar-refractivity contribution in [2.45, 2.75) is 25.3 Å². The Balaban J connectivity index is 1.41. The number of fused-ring (bicyclic) bond motifs is 1. The molecule has 202 valence electrons. The lowest BCUT2D eigenvalue weighted by Gasteiger charge is -2.26. The Labute approximate surface area is 228 Å². The largest absolute Gasteiger partial charge is 0.379 e. The fraction of sp³-hybridized carbons (Fsp3) is 0.323. The summed E-state index contributed by atoms with van der Waals surface area (Å²) >= 11 is 0. The Kier molecular flexibility index (Phi) is 8.65. The van der Waals surface area contributed by atoms with E-state index in [0.717, 1.165) is 66.9 Å².